The van der Waals surface area contributed by atoms with E-state index in [4.69, 9.17) is 23.2 Å². The molecule has 3 nitrogen and oxygen atoms in total. The van der Waals surface area contributed by atoms with Gasteiger partial charge in [-0.2, -0.15) is 0 Å². The molecule has 0 unspecified atom stereocenters. The van der Waals surface area contributed by atoms with Crippen LogP contribution in [0.1, 0.15) is 12.8 Å². The summed E-state index contributed by atoms with van der Waals surface area (Å²) in [6.07, 6.45) is 4.19. The highest BCUT2D eigenvalue weighted by molar-refractivity contribution is 6.32. The average Bonchev–Trinajstić information content (AvgIpc) is 3.28. The molecule has 0 atom stereocenters. The Kier molecular flexibility index (Phi) is 4.07. The Morgan fingerprint density at radius 2 is 1.90 bits per heavy atom. The third-order valence-corrected chi connectivity index (χ3v) is 4.56. The summed E-state index contributed by atoms with van der Waals surface area (Å²) in [5.41, 5.74) is 3.15. The SMILES string of the molecule is CNC1(CNc2cnc(Cl)c(-c3ccc(Cl)cc3)c2)CC1. The highest BCUT2D eigenvalue weighted by Gasteiger charge is 2.40. The van der Waals surface area contributed by atoms with Crippen LogP contribution in [0, 0.1) is 0 Å². The molecule has 0 amide bonds. The molecule has 1 saturated carbocycles. The number of halogens is 2. The van der Waals surface area contributed by atoms with E-state index in [-0.39, 0.29) is 5.54 Å². The Morgan fingerprint density at radius 3 is 2.52 bits per heavy atom. The first-order chi connectivity index (χ1) is 10.1. The molecule has 0 spiro atoms. The van der Waals surface area contributed by atoms with Crippen LogP contribution in [0.4, 0.5) is 5.69 Å². The topological polar surface area (TPSA) is 37.0 Å². The summed E-state index contributed by atoms with van der Waals surface area (Å²) in [7, 11) is 2.01. The van der Waals surface area contributed by atoms with Gasteiger partial charge in [-0.05, 0) is 43.7 Å². The summed E-state index contributed by atoms with van der Waals surface area (Å²) >= 11 is 12.1. The van der Waals surface area contributed by atoms with E-state index in [1.165, 1.54) is 12.8 Å². The number of rotatable bonds is 5. The zero-order valence-electron chi connectivity index (χ0n) is 11.8. The lowest BCUT2D eigenvalue weighted by atomic mass is 10.1. The Morgan fingerprint density at radius 1 is 1.19 bits per heavy atom. The fourth-order valence-electron chi connectivity index (χ4n) is 2.31. The van der Waals surface area contributed by atoms with Gasteiger partial charge in [0.05, 0.1) is 11.9 Å². The summed E-state index contributed by atoms with van der Waals surface area (Å²) in [5.74, 6) is 0. The maximum absolute atomic E-state index is 6.22. The van der Waals surface area contributed by atoms with Crippen LogP contribution >= 0.6 is 23.2 Å². The van der Waals surface area contributed by atoms with Crippen molar-refractivity contribution in [2.75, 3.05) is 18.9 Å². The van der Waals surface area contributed by atoms with Crippen LogP contribution in [0.2, 0.25) is 10.2 Å². The summed E-state index contributed by atoms with van der Waals surface area (Å²) in [4.78, 5) is 4.27. The van der Waals surface area contributed by atoms with Crippen LogP contribution in [0.25, 0.3) is 11.1 Å². The lowest BCUT2D eigenvalue weighted by Crippen LogP contribution is -2.34. The van der Waals surface area contributed by atoms with Crippen molar-refractivity contribution in [3.05, 3.63) is 46.7 Å². The number of pyridine rings is 1. The fraction of sp³-hybridized carbons (Fsp3) is 0.312. The molecule has 3 rings (SSSR count). The Balaban J connectivity index is 1.81. The molecule has 21 heavy (non-hydrogen) atoms. The minimum absolute atomic E-state index is 0.250. The van der Waals surface area contributed by atoms with Crippen molar-refractivity contribution >= 4 is 28.9 Å². The van der Waals surface area contributed by atoms with Gasteiger partial charge in [-0.25, -0.2) is 4.98 Å². The highest BCUT2D eigenvalue weighted by atomic mass is 35.5. The summed E-state index contributed by atoms with van der Waals surface area (Å²) in [6, 6.07) is 9.64. The molecule has 0 bridgehead atoms. The minimum Gasteiger partial charge on any atom is -0.382 e. The first kappa shape index (κ1) is 14.6. The number of nitrogens with zero attached hydrogens (tertiary/aromatic N) is 1. The molecule has 0 radical (unpaired) electrons. The second-order valence-electron chi connectivity index (χ2n) is 5.45. The van der Waals surface area contributed by atoms with Crippen LogP contribution in [0.5, 0.6) is 0 Å². The van der Waals surface area contributed by atoms with Crippen molar-refractivity contribution in [2.24, 2.45) is 0 Å². The zero-order valence-corrected chi connectivity index (χ0v) is 13.3. The number of aromatic nitrogens is 1. The van der Waals surface area contributed by atoms with Crippen molar-refractivity contribution < 1.29 is 0 Å². The van der Waals surface area contributed by atoms with Gasteiger partial charge < -0.3 is 10.6 Å². The van der Waals surface area contributed by atoms with Crippen molar-refractivity contribution in [3.63, 3.8) is 0 Å². The molecule has 110 valence electrons. The summed E-state index contributed by atoms with van der Waals surface area (Å²) in [6.45, 7) is 0.896. The minimum atomic E-state index is 0.250. The molecule has 1 aliphatic carbocycles. The molecule has 1 heterocycles. The zero-order chi connectivity index (χ0) is 14.9. The monoisotopic (exact) mass is 321 g/mol. The number of hydrogen-bond donors (Lipinski definition) is 2. The number of likely N-dealkylation sites (N-methyl/N-ethyl adjacent to an activating group) is 1. The van der Waals surface area contributed by atoms with Gasteiger partial charge in [0.25, 0.3) is 0 Å². The molecule has 2 aromatic rings. The van der Waals surface area contributed by atoms with Gasteiger partial charge in [0, 0.05) is 22.7 Å². The summed E-state index contributed by atoms with van der Waals surface area (Å²) < 4.78 is 0. The first-order valence-electron chi connectivity index (χ1n) is 6.96. The molecular weight excluding hydrogens is 305 g/mol. The number of nitrogens with one attached hydrogen (secondary N) is 2. The van der Waals surface area contributed by atoms with E-state index >= 15 is 0 Å². The van der Waals surface area contributed by atoms with Crippen LogP contribution in [-0.4, -0.2) is 24.1 Å². The molecule has 2 N–H and O–H groups in total. The van der Waals surface area contributed by atoms with Gasteiger partial charge in [-0.15, -0.1) is 0 Å². The van der Waals surface area contributed by atoms with Crippen LogP contribution in [0.15, 0.2) is 36.5 Å². The predicted molar refractivity (Wildman–Crippen MR) is 89.2 cm³/mol. The molecule has 1 aromatic carbocycles. The lowest BCUT2D eigenvalue weighted by molar-refractivity contribution is 0.578. The largest absolute Gasteiger partial charge is 0.382 e. The molecule has 1 aromatic heterocycles. The Labute approximate surface area is 134 Å². The van der Waals surface area contributed by atoms with E-state index in [0.717, 1.165) is 23.4 Å². The van der Waals surface area contributed by atoms with Crippen molar-refractivity contribution in [1.29, 1.82) is 0 Å². The molecular formula is C16H17Cl2N3. The van der Waals surface area contributed by atoms with Crippen molar-refractivity contribution in [3.8, 4) is 11.1 Å². The predicted octanol–water partition coefficient (Wildman–Crippen LogP) is 4.22. The van der Waals surface area contributed by atoms with Crippen LogP contribution in [0.3, 0.4) is 0 Å². The van der Waals surface area contributed by atoms with Crippen LogP contribution in [-0.2, 0) is 0 Å². The quantitative estimate of drug-likeness (QED) is 0.809. The smallest absolute Gasteiger partial charge is 0.136 e. The Hall–Kier alpha value is -1.29. The van der Waals surface area contributed by atoms with Crippen molar-refractivity contribution in [1.82, 2.24) is 10.3 Å². The molecule has 1 fully saturated rings. The highest BCUT2D eigenvalue weighted by Crippen LogP contribution is 2.35. The third-order valence-electron chi connectivity index (χ3n) is 4.01. The number of hydrogen-bond acceptors (Lipinski definition) is 3. The maximum Gasteiger partial charge on any atom is 0.136 e. The maximum atomic E-state index is 6.22. The third kappa shape index (κ3) is 3.31. The van der Waals surface area contributed by atoms with E-state index < -0.39 is 0 Å². The van der Waals surface area contributed by atoms with Gasteiger partial charge in [0.1, 0.15) is 5.15 Å². The normalized spacial score (nSPS) is 15.8. The van der Waals surface area contributed by atoms with E-state index in [9.17, 15) is 0 Å². The number of anilines is 1. The van der Waals surface area contributed by atoms with E-state index in [1.54, 1.807) is 6.20 Å². The lowest BCUT2D eigenvalue weighted by Gasteiger charge is -2.16. The van der Waals surface area contributed by atoms with E-state index in [2.05, 4.69) is 15.6 Å². The average molecular weight is 322 g/mol. The second kappa shape index (κ2) is 5.84. The van der Waals surface area contributed by atoms with Gasteiger partial charge in [-0.1, -0.05) is 35.3 Å². The van der Waals surface area contributed by atoms with Crippen molar-refractivity contribution in [2.45, 2.75) is 18.4 Å². The Bertz CT molecular complexity index is 636. The van der Waals surface area contributed by atoms with Gasteiger partial charge in [-0.3, -0.25) is 0 Å². The molecule has 0 saturated heterocycles. The fourth-order valence-corrected chi connectivity index (χ4v) is 2.65. The summed E-state index contributed by atoms with van der Waals surface area (Å²) in [5, 5.41) is 8.01. The molecule has 0 aliphatic heterocycles. The standard InChI is InChI=1S/C16H17Cl2N3/c1-19-16(6-7-16)10-21-13-8-14(15(18)20-9-13)11-2-4-12(17)5-3-11/h2-5,8-9,19,21H,6-7,10H2,1H3. The van der Waals surface area contributed by atoms with Gasteiger partial charge >= 0.3 is 0 Å². The molecule has 5 heteroatoms. The van der Waals surface area contributed by atoms with E-state index in [0.29, 0.717) is 10.2 Å². The van der Waals surface area contributed by atoms with Gasteiger partial charge in [0.2, 0.25) is 0 Å². The van der Waals surface area contributed by atoms with Gasteiger partial charge in [0.15, 0.2) is 0 Å². The van der Waals surface area contributed by atoms with Crippen LogP contribution < -0.4 is 10.6 Å². The first-order valence-corrected chi connectivity index (χ1v) is 7.72. The second-order valence-corrected chi connectivity index (χ2v) is 6.25. The number of benzene rings is 1. The van der Waals surface area contributed by atoms with E-state index in [1.807, 2.05) is 37.4 Å². The molecule has 1 aliphatic rings.